The van der Waals surface area contributed by atoms with Crippen LogP contribution < -0.4 is 0 Å². The zero-order valence-corrected chi connectivity index (χ0v) is 17.3. The van der Waals surface area contributed by atoms with Crippen molar-refractivity contribution in [3.8, 4) is 0 Å². The number of hydrogen-bond acceptors (Lipinski definition) is 3. The molecule has 152 valence electrons. The molecule has 0 radical (unpaired) electrons. The zero-order chi connectivity index (χ0) is 20.4. The summed E-state index contributed by atoms with van der Waals surface area (Å²) >= 11 is 5.96. The first kappa shape index (κ1) is 19.9. The molecule has 5 nitrogen and oxygen atoms in total. The van der Waals surface area contributed by atoms with Gasteiger partial charge in [0.2, 0.25) is 5.91 Å². The fourth-order valence-corrected chi connectivity index (χ4v) is 4.46. The highest BCUT2D eigenvalue weighted by atomic mass is 35.5. The van der Waals surface area contributed by atoms with Gasteiger partial charge in [-0.1, -0.05) is 35.9 Å². The number of carbonyl (C=O) groups excluding carboxylic acids is 2. The van der Waals surface area contributed by atoms with Gasteiger partial charge in [-0.2, -0.15) is 0 Å². The standard InChI is InChI=1S/C23H25ClN2O3/c1-16-4-2-3-5-19(16)20-14-26(22(27)17-6-8-18(24)9-7-17)15-21(20)23(28)25-10-12-29-13-11-25/h2-9,20-21H,10-15H2,1H3. The SMILES string of the molecule is Cc1ccccc1C1CN(C(=O)c2ccc(Cl)cc2)CC1C(=O)N1CCOCC1. The maximum absolute atomic E-state index is 13.4. The van der Waals surface area contributed by atoms with Gasteiger partial charge in [-0.15, -0.1) is 0 Å². The molecule has 0 spiro atoms. The largest absolute Gasteiger partial charge is 0.378 e. The second-order valence-electron chi connectivity index (χ2n) is 7.72. The van der Waals surface area contributed by atoms with Crippen molar-refractivity contribution in [2.75, 3.05) is 39.4 Å². The summed E-state index contributed by atoms with van der Waals surface area (Å²) in [6.45, 7) is 5.39. The van der Waals surface area contributed by atoms with Crippen LogP contribution in [-0.2, 0) is 9.53 Å². The van der Waals surface area contributed by atoms with Crippen LogP contribution in [0.25, 0.3) is 0 Å². The van der Waals surface area contributed by atoms with Crippen LogP contribution in [0.5, 0.6) is 0 Å². The first-order chi connectivity index (χ1) is 14.0. The molecule has 6 heteroatoms. The zero-order valence-electron chi connectivity index (χ0n) is 16.5. The van der Waals surface area contributed by atoms with Crippen molar-refractivity contribution in [1.82, 2.24) is 9.80 Å². The van der Waals surface area contributed by atoms with Crippen LogP contribution in [0.4, 0.5) is 0 Å². The van der Waals surface area contributed by atoms with E-state index in [-0.39, 0.29) is 23.7 Å². The van der Waals surface area contributed by atoms with Crippen molar-refractivity contribution in [1.29, 1.82) is 0 Å². The van der Waals surface area contributed by atoms with E-state index < -0.39 is 0 Å². The molecule has 2 unspecified atom stereocenters. The van der Waals surface area contributed by atoms with E-state index in [2.05, 4.69) is 19.1 Å². The van der Waals surface area contributed by atoms with E-state index in [9.17, 15) is 9.59 Å². The number of morpholine rings is 1. The average Bonchev–Trinajstić information content (AvgIpc) is 3.19. The molecule has 2 atom stereocenters. The van der Waals surface area contributed by atoms with Gasteiger partial charge in [-0.3, -0.25) is 9.59 Å². The minimum atomic E-state index is -0.245. The minimum Gasteiger partial charge on any atom is -0.378 e. The van der Waals surface area contributed by atoms with Crippen molar-refractivity contribution in [2.45, 2.75) is 12.8 Å². The number of benzene rings is 2. The number of hydrogen-bond donors (Lipinski definition) is 0. The van der Waals surface area contributed by atoms with Crippen molar-refractivity contribution < 1.29 is 14.3 Å². The molecule has 0 aliphatic carbocycles. The van der Waals surface area contributed by atoms with Crippen LogP contribution in [0.2, 0.25) is 5.02 Å². The Kier molecular flexibility index (Phi) is 5.88. The molecule has 2 amide bonds. The quantitative estimate of drug-likeness (QED) is 0.776. The van der Waals surface area contributed by atoms with Gasteiger partial charge in [-0.25, -0.2) is 0 Å². The fourth-order valence-electron chi connectivity index (χ4n) is 4.33. The molecule has 2 heterocycles. The van der Waals surface area contributed by atoms with Gasteiger partial charge in [0.05, 0.1) is 19.1 Å². The van der Waals surface area contributed by atoms with Crippen molar-refractivity contribution in [3.63, 3.8) is 0 Å². The van der Waals surface area contributed by atoms with Gasteiger partial charge < -0.3 is 14.5 Å². The lowest BCUT2D eigenvalue weighted by molar-refractivity contribution is -0.139. The molecule has 0 N–H and O–H groups in total. The molecular formula is C23H25ClN2O3. The highest BCUT2D eigenvalue weighted by molar-refractivity contribution is 6.30. The summed E-state index contributed by atoms with van der Waals surface area (Å²) in [6.07, 6.45) is 0. The van der Waals surface area contributed by atoms with Crippen molar-refractivity contribution >= 4 is 23.4 Å². The average molecular weight is 413 g/mol. The minimum absolute atomic E-state index is 0.0113. The second-order valence-corrected chi connectivity index (χ2v) is 8.16. The lowest BCUT2D eigenvalue weighted by Gasteiger charge is -2.31. The highest BCUT2D eigenvalue weighted by Crippen LogP contribution is 2.36. The van der Waals surface area contributed by atoms with Crippen LogP contribution >= 0.6 is 11.6 Å². The number of aryl methyl sites for hydroxylation is 1. The first-order valence-corrected chi connectivity index (χ1v) is 10.4. The molecule has 2 saturated heterocycles. The smallest absolute Gasteiger partial charge is 0.253 e. The molecule has 2 aromatic rings. The topological polar surface area (TPSA) is 49.9 Å². The molecule has 0 saturated carbocycles. The van der Waals surface area contributed by atoms with E-state index in [0.29, 0.717) is 50.0 Å². The normalized spacial score (nSPS) is 22.0. The molecule has 2 fully saturated rings. The number of halogens is 1. The number of amides is 2. The molecule has 2 aliphatic rings. The Morgan fingerprint density at radius 1 is 0.966 bits per heavy atom. The number of likely N-dealkylation sites (tertiary alicyclic amines) is 1. The van der Waals surface area contributed by atoms with E-state index in [0.717, 1.165) is 11.1 Å². The number of rotatable bonds is 3. The molecular weight excluding hydrogens is 388 g/mol. The summed E-state index contributed by atoms with van der Waals surface area (Å²) in [4.78, 5) is 30.2. The number of nitrogens with zero attached hydrogens (tertiary/aromatic N) is 2. The Labute approximate surface area is 176 Å². The van der Waals surface area contributed by atoms with Gasteiger partial charge in [-0.05, 0) is 42.3 Å². The Balaban J connectivity index is 1.61. The van der Waals surface area contributed by atoms with Crippen LogP contribution in [-0.4, -0.2) is 61.0 Å². The summed E-state index contributed by atoms with van der Waals surface area (Å²) in [5, 5.41) is 0.598. The third-order valence-corrected chi connectivity index (χ3v) is 6.18. The Morgan fingerprint density at radius 2 is 1.66 bits per heavy atom. The van der Waals surface area contributed by atoms with Crippen molar-refractivity contribution in [2.24, 2.45) is 5.92 Å². The van der Waals surface area contributed by atoms with Gasteiger partial charge in [0.1, 0.15) is 0 Å². The monoisotopic (exact) mass is 412 g/mol. The summed E-state index contributed by atoms with van der Waals surface area (Å²) in [5.74, 6) is -0.196. The number of carbonyl (C=O) groups is 2. The first-order valence-electron chi connectivity index (χ1n) is 10.0. The highest BCUT2D eigenvalue weighted by Gasteiger charge is 2.42. The lowest BCUT2D eigenvalue weighted by atomic mass is 9.85. The second kappa shape index (κ2) is 8.56. The number of ether oxygens (including phenoxy) is 1. The van der Waals surface area contributed by atoms with Gasteiger partial charge in [0.25, 0.3) is 5.91 Å². The van der Waals surface area contributed by atoms with Crippen LogP contribution in [0, 0.1) is 12.8 Å². The Hall–Kier alpha value is -2.37. The molecule has 29 heavy (non-hydrogen) atoms. The molecule has 2 aliphatic heterocycles. The summed E-state index contributed by atoms with van der Waals surface area (Å²) in [6, 6.07) is 15.1. The maximum Gasteiger partial charge on any atom is 0.253 e. The summed E-state index contributed by atoms with van der Waals surface area (Å²) < 4.78 is 5.40. The van der Waals surface area contributed by atoms with E-state index in [4.69, 9.17) is 16.3 Å². The van der Waals surface area contributed by atoms with E-state index >= 15 is 0 Å². The van der Waals surface area contributed by atoms with Crippen LogP contribution in [0.1, 0.15) is 27.4 Å². The Bertz CT molecular complexity index is 893. The Morgan fingerprint density at radius 3 is 2.34 bits per heavy atom. The lowest BCUT2D eigenvalue weighted by Crippen LogP contribution is -2.45. The van der Waals surface area contributed by atoms with E-state index in [1.165, 1.54) is 0 Å². The summed E-state index contributed by atoms with van der Waals surface area (Å²) in [5.41, 5.74) is 2.89. The predicted molar refractivity (Wildman–Crippen MR) is 112 cm³/mol. The third kappa shape index (κ3) is 4.16. The molecule has 0 aromatic heterocycles. The van der Waals surface area contributed by atoms with Crippen molar-refractivity contribution in [3.05, 3.63) is 70.2 Å². The van der Waals surface area contributed by atoms with Gasteiger partial charge >= 0.3 is 0 Å². The molecule has 0 bridgehead atoms. The molecule has 2 aromatic carbocycles. The van der Waals surface area contributed by atoms with Crippen LogP contribution in [0.3, 0.4) is 0 Å². The third-order valence-electron chi connectivity index (χ3n) is 5.93. The summed E-state index contributed by atoms with van der Waals surface area (Å²) in [7, 11) is 0. The van der Waals surface area contributed by atoms with Gasteiger partial charge in [0.15, 0.2) is 0 Å². The van der Waals surface area contributed by atoms with Gasteiger partial charge in [0, 0.05) is 42.7 Å². The molecule has 4 rings (SSSR count). The fraction of sp³-hybridized carbons (Fsp3) is 0.391. The van der Waals surface area contributed by atoms with Crippen LogP contribution in [0.15, 0.2) is 48.5 Å². The van der Waals surface area contributed by atoms with E-state index in [1.54, 1.807) is 24.3 Å². The maximum atomic E-state index is 13.4. The predicted octanol–water partition coefficient (Wildman–Crippen LogP) is 3.36. The van der Waals surface area contributed by atoms with E-state index in [1.807, 2.05) is 21.9 Å².